The van der Waals surface area contributed by atoms with Crippen LogP contribution in [-0.4, -0.2) is 43.9 Å². The minimum absolute atomic E-state index is 0.249. The Kier molecular flexibility index (Phi) is 5.37. The Bertz CT molecular complexity index is 1510. The van der Waals surface area contributed by atoms with Crippen molar-refractivity contribution < 1.29 is 13.9 Å². The fourth-order valence-corrected chi connectivity index (χ4v) is 4.72. The highest BCUT2D eigenvalue weighted by Gasteiger charge is 2.27. The molecule has 1 amide bonds. The molecule has 182 valence electrons. The largest absolute Gasteiger partial charge is 0.372 e. The predicted octanol–water partition coefficient (Wildman–Crippen LogP) is 3.55. The van der Waals surface area contributed by atoms with Crippen LogP contribution in [0.4, 0.5) is 16.0 Å². The van der Waals surface area contributed by atoms with Crippen LogP contribution in [0.25, 0.3) is 22.9 Å². The lowest BCUT2D eigenvalue weighted by atomic mass is 9.99. The maximum Gasteiger partial charge on any atom is 0.253 e. The van der Waals surface area contributed by atoms with Gasteiger partial charge in [-0.3, -0.25) is 9.48 Å². The van der Waals surface area contributed by atoms with Gasteiger partial charge in [-0.15, -0.1) is 0 Å². The molecule has 0 unspecified atom stereocenters. The number of benzene rings is 1. The zero-order chi connectivity index (χ0) is 24.8. The van der Waals surface area contributed by atoms with Crippen molar-refractivity contribution in [2.75, 3.05) is 19.0 Å². The van der Waals surface area contributed by atoms with Gasteiger partial charge in [-0.05, 0) is 23.3 Å². The van der Waals surface area contributed by atoms with Gasteiger partial charge in [0, 0.05) is 68.4 Å². The molecular formula is C26H24FN7O2. The molecule has 1 aliphatic carbocycles. The first-order chi connectivity index (χ1) is 17.5. The molecule has 0 radical (unpaired) electrons. The van der Waals surface area contributed by atoms with E-state index in [1.165, 1.54) is 6.20 Å². The smallest absolute Gasteiger partial charge is 0.253 e. The van der Waals surface area contributed by atoms with Crippen molar-refractivity contribution in [3.05, 3.63) is 76.8 Å². The Labute approximate surface area is 206 Å². The lowest BCUT2D eigenvalue weighted by molar-refractivity contribution is 0.0816. The van der Waals surface area contributed by atoms with E-state index in [2.05, 4.69) is 25.7 Å². The van der Waals surface area contributed by atoms with Crippen molar-refractivity contribution in [1.29, 1.82) is 0 Å². The molecule has 0 bridgehead atoms. The number of pyridine rings is 1. The second kappa shape index (κ2) is 8.72. The van der Waals surface area contributed by atoms with Crippen molar-refractivity contribution in [3.63, 3.8) is 0 Å². The average Bonchev–Trinajstić information content (AvgIpc) is 3.62. The zero-order valence-corrected chi connectivity index (χ0v) is 19.9. The molecule has 2 aliphatic rings. The van der Waals surface area contributed by atoms with Crippen LogP contribution < -0.4 is 10.6 Å². The molecule has 6 rings (SSSR count). The van der Waals surface area contributed by atoms with E-state index in [1.807, 2.05) is 42.2 Å². The van der Waals surface area contributed by atoms with Crippen LogP contribution >= 0.6 is 0 Å². The van der Waals surface area contributed by atoms with Crippen molar-refractivity contribution in [3.8, 4) is 11.3 Å². The van der Waals surface area contributed by atoms with E-state index in [1.54, 1.807) is 23.9 Å². The summed E-state index contributed by atoms with van der Waals surface area (Å²) in [5.41, 5.74) is 4.22. The molecule has 1 aromatic carbocycles. The lowest BCUT2D eigenvalue weighted by Gasteiger charge is -2.13. The standard InChI is InChI=1S/C26H24FN7O2/c1-28-26(35)20-12-29-25(31-22-6-7-33(2)32-22)19-11-15(10-18(19)20)16-4-3-5-17(24(16)27)21-13-34-8-9-36-14-23(34)30-21/h3-7,10,12-13H,8-9,11,14H2,1-2H3,(H,28,35)(H,29,31,32). The third-order valence-electron chi connectivity index (χ3n) is 6.53. The van der Waals surface area contributed by atoms with Crippen LogP contribution in [0, 0.1) is 5.82 Å². The summed E-state index contributed by atoms with van der Waals surface area (Å²) >= 11 is 0. The summed E-state index contributed by atoms with van der Waals surface area (Å²) in [6, 6.07) is 7.16. The van der Waals surface area contributed by atoms with E-state index in [0.717, 1.165) is 22.5 Å². The second-order valence-corrected chi connectivity index (χ2v) is 8.79. The lowest BCUT2D eigenvalue weighted by Crippen LogP contribution is -2.20. The van der Waals surface area contributed by atoms with E-state index >= 15 is 4.39 Å². The van der Waals surface area contributed by atoms with Gasteiger partial charge in [-0.2, -0.15) is 5.10 Å². The minimum atomic E-state index is -0.346. The van der Waals surface area contributed by atoms with Crippen LogP contribution in [0.3, 0.4) is 0 Å². The van der Waals surface area contributed by atoms with Crippen LogP contribution in [0.2, 0.25) is 0 Å². The number of anilines is 2. The Morgan fingerprint density at radius 2 is 2.08 bits per heavy atom. The summed E-state index contributed by atoms with van der Waals surface area (Å²) in [7, 11) is 3.41. The molecule has 3 aromatic heterocycles. The number of carbonyl (C=O) groups excluding carboxylic acids is 1. The number of aryl methyl sites for hydroxylation is 1. The van der Waals surface area contributed by atoms with Crippen LogP contribution in [0.1, 0.15) is 32.9 Å². The van der Waals surface area contributed by atoms with Crippen molar-refractivity contribution >= 4 is 29.2 Å². The normalized spacial score (nSPS) is 14.2. The molecule has 0 spiro atoms. The summed E-state index contributed by atoms with van der Waals surface area (Å²) in [6.45, 7) is 1.74. The van der Waals surface area contributed by atoms with Gasteiger partial charge < -0.3 is 19.9 Å². The number of rotatable bonds is 5. The molecule has 0 saturated carbocycles. The number of nitrogens with zero attached hydrogens (tertiary/aromatic N) is 5. The molecule has 2 N–H and O–H groups in total. The zero-order valence-electron chi connectivity index (χ0n) is 19.9. The predicted molar refractivity (Wildman–Crippen MR) is 133 cm³/mol. The number of carbonyl (C=O) groups is 1. The molecule has 0 atom stereocenters. The number of nitrogens with one attached hydrogen (secondary N) is 2. The number of fused-ring (bicyclic) bond motifs is 2. The first-order valence-electron chi connectivity index (χ1n) is 11.7. The fraction of sp³-hybridized carbons (Fsp3) is 0.231. The van der Waals surface area contributed by atoms with Crippen LogP contribution in [0.5, 0.6) is 0 Å². The third-order valence-corrected chi connectivity index (χ3v) is 6.53. The van der Waals surface area contributed by atoms with E-state index < -0.39 is 0 Å². The van der Waals surface area contributed by atoms with Gasteiger partial charge in [0.15, 0.2) is 5.82 Å². The highest BCUT2D eigenvalue weighted by atomic mass is 19.1. The molecule has 4 aromatic rings. The number of ether oxygens (including phenoxy) is 1. The summed E-state index contributed by atoms with van der Waals surface area (Å²) in [4.78, 5) is 21.7. The van der Waals surface area contributed by atoms with Crippen molar-refractivity contribution in [1.82, 2.24) is 29.6 Å². The maximum atomic E-state index is 15.9. The van der Waals surface area contributed by atoms with Crippen LogP contribution in [0.15, 0.2) is 42.9 Å². The fourth-order valence-electron chi connectivity index (χ4n) is 4.72. The van der Waals surface area contributed by atoms with Crippen LogP contribution in [-0.2, 0) is 31.4 Å². The monoisotopic (exact) mass is 485 g/mol. The summed E-state index contributed by atoms with van der Waals surface area (Å²) < 4.78 is 25.1. The Hall–Kier alpha value is -4.31. The maximum absolute atomic E-state index is 15.9. The summed E-state index contributed by atoms with van der Waals surface area (Å²) in [5.74, 6) is 1.41. The topological polar surface area (TPSA) is 98.9 Å². The Morgan fingerprint density at radius 1 is 1.22 bits per heavy atom. The molecule has 1 aliphatic heterocycles. The van der Waals surface area contributed by atoms with Gasteiger partial charge >= 0.3 is 0 Å². The molecule has 0 saturated heterocycles. The quantitative estimate of drug-likeness (QED) is 0.449. The first-order valence-corrected chi connectivity index (χ1v) is 11.7. The number of aromatic nitrogens is 5. The molecule has 10 heteroatoms. The minimum Gasteiger partial charge on any atom is -0.372 e. The van der Waals surface area contributed by atoms with Crippen molar-refractivity contribution in [2.24, 2.45) is 7.05 Å². The number of allylic oxidation sites excluding steroid dienone is 1. The molecule has 9 nitrogen and oxygen atoms in total. The molecular weight excluding hydrogens is 461 g/mol. The van der Waals surface area contributed by atoms with Gasteiger partial charge in [0.2, 0.25) is 0 Å². The molecule has 0 fully saturated rings. The van der Waals surface area contributed by atoms with E-state index in [4.69, 9.17) is 4.74 Å². The second-order valence-electron chi connectivity index (χ2n) is 8.79. The van der Waals surface area contributed by atoms with Gasteiger partial charge in [0.1, 0.15) is 24.1 Å². The highest BCUT2D eigenvalue weighted by molar-refractivity contribution is 6.03. The number of amides is 1. The number of hydrogen-bond donors (Lipinski definition) is 2. The number of hydrogen-bond acceptors (Lipinski definition) is 6. The molecule has 36 heavy (non-hydrogen) atoms. The SMILES string of the molecule is CNC(=O)c1cnc(Nc2ccn(C)n2)c2c1C=C(c1cccc(-c3cn4c(n3)COCC4)c1F)C2. The Morgan fingerprint density at radius 3 is 2.86 bits per heavy atom. The molecule has 4 heterocycles. The van der Waals surface area contributed by atoms with Gasteiger partial charge in [-0.25, -0.2) is 14.4 Å². The van der Waals surface area contributed by atoms with E-state index in [-0.39, 0.29) is 11.7 Å². The van der Waals surface area contributed by atoms with Crippen molar-refractivity contribution in [2.45, 2.75) is 19.6 Å². The first kappa shape index (κ1) is 22.2. The number of imidazole rings is 1. The summed E-state index contributed by atoms with van der Waals surface area (Å²) in [5, 5.41) is 10.3. The average molecular weight is 486 g/mol. The third kappa shape index (κ3) is 3.75. The number of halogens is 1. The van der Waals surface area contributed by atoms with Gasteiger partial charge in [0.05, 0.1) is 17.9 Å². The van der Waals surface area contributed by atoms with E-state index in [0.29, 0.717) is 60.2 Å². The van der Waals surface area contributed by atoms with Gasteiger partial charge in [-0.1, -0.05) is 12.1 Å². The Balaban J connectivity index is 1.40. The van der Waals surface area contributed by atoms with E-state index in [9.17, 15) is 4.79 Å². The highest BCUT2D eigenvalue weighted by Crippen LogP contribution is 2.39. The van der Waals surface area contributed by atoms with Gasteiger partial charge in [0.25, 0.3) is 5.91 Å². The summed E-state index contributed by atoms with van der Waals surface area (Å²) in [6.07, 6.45) is 7.52.